The number of alkyl halides is 3. The van der Waals surface area contributed by atoms with Crippen molar-refractivity contribution in [3.05, 3.63) is 0 Å². The van der Waals surface area contributed by atoms with Crippen LogP contribution in [0.1, 0.15) is 38.5 Å². The van der Waals surface area contributed by atoms with Gasteiger partial charge in [-0.15, -0.1) is 12.4 Å². The summed E-state index contributed by atoms with van der Waals surface area (Å²) in [6.45, 7) is 1.13. The van der Waals surface area contributed by atoms with Gasteiger partial charge >= 0.3 is 6.18 Å². The zero-order chi connectivity index (χ0) is 14.0. The number of carbonyl (C=O) groups is 1. The molecule has 2 fully saturated rings. The molecule has 0 aromatic rings. The van der Waals surface area contributed by atoms with E-state index < -0.39 is 18.0 Å². The molecule has 3 atom stereocenters. The molecule has 1 aliphatic carbocycles. The fraction of sp³-hybridized carbons (Fsp3) is 0.923. The molecule has 1 heterocycles. The topological polar surface area (TPSA) is 46.3 Å². The number of hydrogen-bond acceptors (Lipinski definition) is 2. The van der Waals surface area contributed by atoms with E-state index in [1.165, 1.54) is 0 Å². The van der Waals surface area contributed by atoms with Crippen LogP contribution in [0.5, 0.6) is 0 Å². The first kappa shape index (κ1) is 17.6. The second-order valence-corrected chi connectivity index (χ2v) is 5.79. The summed E-state index contributed by atoms with van der Waals surface area (Å²) < 4.78 is 38.2. The van der Waals surface area contributed by atoms with Crippen LogP contribution in [0.4, 0.5) is 13.2 Å². The van der Waals surface area contributed by atoms with Crippen LogP contribution in [0.2, 0.25) is 0 Å². The molecule has 1 aliphatic heterocycles. The van der Waals surface area contributed by atoms with Gasteiger partial charge < -0.3 is 10.6 Å². The molecule has 1 saturated heterocycles. The van der Waals surface area contributed by atoms with E-state index in [4.69, 9.17) is 5.73 Å². The first-order chi connectivity index (χ1) is 8.88. The van der Waals surface area contributed by atoms with Gasteiger partial charge in [0.1, 0.15) is 0 Å². The third kappa shape index (κ3) is 4.25. The van der Waals surface area contributed by atoms with Crippen LogP contribution in [-0.4, -0.2) is 36.1 Å². The SMILES string of the molecule is Cl.NC1CCCN(C(=O)C2CCCC(C(F)(F)F)C2)C1. The van der Waals surface area contributed by atoms with Crippen molar-refractivity contribution >= 4 is 18.3 Å². The normalized spacial score (nSPS) is 31.6. The van der Waals surface area contributed by atoms with Crippen LogP contribution in [0.25, 0.3) is 0 Å². The minimum absolute atomic E-state index is 0. The van der Waals surface area contributed by atoms with E-state index in [-0.39, 0.29) is 37.2 Å². The first-order valence-electron chi connectivity index (χ1n) is 6.99. The van der Waals surface area contributed by atoms with Gasteiger partial charge in [0.05, 0.1) is 5.92 Å². The van der Waals surface area contributed by atoms with E-state index in [2.05, 4.69) is 0 Å². The van der Waals surface area contributed by atoms with Crippen LogP contribution in [0.3, 0.4) is 0 Å². The Morgan fingerprint density at radius 1 is 1.15 bits per heavy atom. The van der Waals surface area contributed by atoms with Crippen LogP contribution < -0.4 is 5.73 Å². The quantitative estimate of drug-likeness (QED) is 0.809. The second-order valence-electron chi connectivity index (χ2n) is 5.79. The molecular formula is C13H22ClF3N2O. The Labute approximate surface area is 123 Å². The Morgan fingerprint density at radius 3 is 2.45 bits per heavy atom. The Hall–Kier alpha value is -0.490. The smallest absolute Gasteiger partial charge is 0.341 e. The molecule has 20 heavy (non-hydrogen) atoms. The Kier molecular flexibility index (Phi) is 6.13. The summed E-state index contributed by atoms with van der Waals surface area (Å²) in [5, 5.41) is 0. The minimum atomic E-state index is -4.17. The molecule has 0 radical (unpaired) electrons. The lowest BCUT2D eigenvalue weighted by molar-refractivity contribution is -0.187. The highest BCUT2D eigenvalue weighted by molar-refractivity contribution is 5.85. The monoisotopic (exact) mass is 314 g/mol. The number of amides is 1. The molecule has 3 nitrogen and oxygen atoms in total. The predicted molar refractivity (Wildman–Crippen MR) is 72.5 cm³/mol. The van der Waals surface area contributed by atoms with Crippen molar-refractivity contribution in [3.8, 4) is 0 Å². The summed E-state index contributed by atoms with van der Waals surface area (Å²) in [5.74, 6) is -1.90. The zero-order valence-corrected chi connectivity index (χ0v) is 12.2. The lowest BCUT2D eigenvalue weighted by Gasteiger charge is -2.36. The summed E-state index contributed by atoms with van der Waals surface area (Å²) in [6, 6.07) is -0.0281. The van der Waals surface area contributed by atoms with Gasteiger partial charge in [-0.1, -0.05) is 6.42 Å². The van der Waals surface area contributed by atoms with Crippen LogP contribution in [0.15, 0.2) is 0 Å². The fourth-order valence-corrected chi connectivity index (χ4v) is 3.18. The van der Waals surface area contributed by atoms with Crippen molar-refractivity contribution in [2.45, 2.75) is 50.7 Å². The van der Waals surface area contributed by atoms with Crippen molar-refractivity contribution in [3.63, 3.8) is 0 Å². The highest BCUT2D eigenvalue weighted by atomic mass is 35.5. The maximum atomic E-state index is 12.7. The van der Waals surface area contributed by atoms with Crippen molar-refractivity contribution in [1.29, 1.82) is 0 Å². The number of piperidine rings is 1. The van der Waals surface area contributed by atoms with Crippen molar-refractivity contribution in [1.82, 2.24) is 4.90 Å². The highest BCUT2D eigenvalue weighted by Crippen LogP contribution is 2.40. The molecule has 1 amide bonds. The molecule has 0 spiro atoms. The van der Waals surface area contributed by atoms with Gasteiger partial charge in [0.2, 0.25) is 5.91 Å². The van der Waals surface area contributed by atoms with Gasteiger partial charge in [0.25, 0.3) is 0 Å². The lowest BCUT2D eigenvalue weighted by Crippen LogP contribution is -2.48. The average Bonchev–Trinajstić information content (AvgIpc) is 2.37. The van der Waals surface area contributed by atoms with Crippen molar-refractivity contribution in [2.75, 3.05) is 13.1 Å². The Balaban J connectivity index is 0.00000200. The summed E-state index contributed by atoms with van der Waals surface area (Å²) in [6.07, 6.45) is -1.25. The van der Waals surface area contributed by atoms with Gasteiger partial charge in [-0.2, -0.15) is 13.2 Å². The molecule has 0 bridgehead atoms. The van der Waals surface area contributed by atoms with E-state index >= 15 is 0 Å². The number of hydrogen-bond donors (Lipinski definition) is 1. The summed E-state index contributed by atoms with van der Waals surface area (Å²) in [5.41, 5.74) is 5.82. The fourth-order valence-electron chi connectivity index (χ4n) is 3.18. The predicted octanol–water partition coefficient (Wildman–Crippen LogP) is 2.73. The number of halogens is 4. The van der Waals surface area contributed by atoms with E-state index in [0.29, 0.717) is 25.9 Å². The summed E-state index contributed by atoms with van der Waals surface area (Å²) in [7, 11) is 0. The second kappa shape index (κ2) is 6.98. The molecule has 0 aromatic heterocycles. The lowest BCUT2D eigenvalue weighted by atomic mass is 9.80. The van der Waals surface area contributed by atoms with E-state index in [9.17, 15) is 18.0 Å². The first-order valence-corrected chi connectivity index (χ1v) is 6.99. The third-order valence-corrected chi connectivity index (χ3v) is 4.26. The number of likely N-dealkylation sites (tertiary alicyclic amines) is 1. The maximum absolute atomic E-state index is 12.7. The number of rotatable bonds is 1. The number of nitrogens with zero attached hydrogens (tertiary/aromatic N) is 1. The maximum Gasteiger partial charge on any atom is 0.391 e. The molecule has 2 N–H and O–H groups in total. The van der Waals surface area contributed by atoms with Crippen molar-refractivity contribution < 1.29 is 18.0 Å². The molecule has 1 saturated carbocycles. The molecule has 2 rings (SSSR count). The molecule has 7 heteroatoms. The van der Waals surface area contributed by atoms with Gasteiger partial charge in [0, 0.05) is 25.0 Å². The Bertz CT molecular complexity index is 338. The van der Waals surface area contributed by atoms with Gasteiger partial charge in [0.15, 0.2) is 0 Å². The van der Waals surface area contributed by atoms with Crippen molar-refractivity contribution in [2.24, 2.45) is 17.6 Å². The number of carbonyl (C=O) groups excluding carboxylic acids is 1. The zero-order valence-electron chi connectivity index (χ0n) is 11.4. The van der Waals surface area contributed by atoms with E-state index in [0.717, 1.165) is 12.8 Å². The van der Waals surface area contributed by atoms with E-state index in [1.807, 2.05) is 0 Å². The van der Waals surface area contributed by atoms with Crippen LogP contribution in [0, 0.1) is 11.8 Å². The van der Waals surface area contributed by atoms with E-state index in [1.54, 1.807) is 4.90 Å². The van der Waals surface area contributed by atoms with Crippen LogP contribution >= 0.6 is 12.4 Å². The molecule has 118 valence electrons. The highest BCUT2D eigenvalue weighted by Gasteiger charge is 2.44. The molecular weight excluding hydrogens is 293 g/mol. The van der Waals surface area contributed by atoms with Gasteiger partial charge in [-0.25, -0.2) is 0 Å². The largest absolute Gasteiger partial charge is 0.391 e. The molecule has 2 aliphatic rings. The van der Waals surface area contributed by atoms with Gasteiger partial charge in [-0.3, -0.25) is 4.79 Å². The summed E-state index contributed by atoms with van der Waals surface area (Å²) in [4.78, 5) is 13.9. The third-order valence-electron chi connectivity index (χ3n) is 4.26. The standard InChI is InChI=1S/C13H21F3N2O.ClH/c14-13(15,16)10-4-1-3-9(7-10)12(19)18-6-2-5-11(17)8-18;/h9-11H,1-8,17H2;1H. The Morgan fingerprint density at radius 2 is 1.85 bits per heavy atom. The van der Waals surface area contributed by atoms with Gasteiger partial charge in [-0.05, 0) is 32.1 Å². The minimum Gasteiger partial charge on any atom is -0.341 e. The average molecular weight is 315 g/mol. The number of nitrogens with two attached hydrogens (primary N) is 1. The molecule has 3 unspecified atom stereocenters. The summed E-state index contributed by atoms with van der Waals surface area (Å²) >= 11 is 0. The van der Waals surface area contributed by atoms with Crippen LogP contribution in [-0.2, 0) is 4.79 Å². The molecule has 0 aromatic carbocycles.